The topological polar surface area (TPSA) is 128 Å². The predicted molar refractivity (Wildman–Crippen MR) is 119 cm³/mol. The van der Waals surface area contributed by atoms with Crippen LogP contribution in [0.5, 0.6) is 5.75 Å². The lowest BCUT2D eigenvalue weighted by Crippen LogP contribution is -2.40. The molecule has 168 valence electrons. The number of hydrogen-bond acceptors (Lipinski definition) is 7. The molecule has 0 spiro atoms. The second-order valence-electron chi connectivity index (χ2n) is 7.99. The first kappa shape index (κ1) is 24.1. The number of para-hydroxylation sites is 1. The molecule has 1 aromatic heterocycles. The van der Waals surface area contributed by atoms with E-state index in [1.165, 1.54) is 6.33 Å². The summed E-state index contributed by atoms with van der Waals surface area (Å²) < 4.78 is 10.7. The third-order valence-electron chi connectivity index (χ3n) is 4.26. The van der Waals surface area contributed by atoms with Crippen LogP contribution in [0.2, 0.25) is 0 Å². The zero-order valence-electron chi connectivity index (χ0n) is 18.5. The van der Waals surface area contributed by atoms with Crippen molar-refractivity contribution in [3.05, 3.63) is 36.7 Å². The maximum atomic E-state index is 12.5. The van der Waals surface area contributed by atoms with Gasteiger partial charge < -0.3 is 20.5 Å². The minimum Gasteiger partial charge on any atom is -0.496 e. The fourth-order valence-electron chi connectivity index (χ4n) is 2.94. The van der Waals surface area contributed by atoms with Crippen molar-refractivity contribution < 1.29 is 19.1 Å². The first-order valence-electron chi connectivity index (χ1n) is 10.2. The van der Waals surface area contributed by atoms with Crippen LogP contribution in [0.1, 0.15) is 40.0 Å². The summed E-state index contributed by atoms with van der Waals surface area (Å²) >= 11 is 0. The van der Waals surface area contributed by atoms with E-state index in [0.29, 0.717) is 36.6 Å². The number of rotatable bonds is 9. The zero-order chi connectivity index (χ0) is 22.9. The van der Waals surface area contributed by atoms with Crippen molar-refractivity contribution in [2.45, 2.75) is 51.7 Å². The number of amides is 2. The lowest BCUT2D eigenvalue weighted by Gasteiger charge is -2.21. The van der Waals surface area contributed by atoms with E-state index in [1.54, 1.807) is 13.2 Å². The molecule has 4 N–H and O–H groups in total. The summed E-state index contributed by atoms with van der Waals surface area (Å²) in [6.07, 6.45) is 2.52. The van der Waals surface area contributed by atoms with Gasteiger partial charge in [0.1, 0.15) is 23.5 Å². The predicted octanol–water partition coefficient (Wildman–Crippen LogP) is 3.11. The molecule has 1 atom stereocenters. The molecule has 0 saturated carbocycles. The number of urea groups is 1. The van der Waals surface area contributed by atoms with Gasteiger partial charge in [0.05, 0.1) is 12.8 Å². The zero-order valence-corrected chi connectivity index (χ0v) is 18.5. The van der Waals surface area contributed by atoms with Crippen molar-refractivity contribution >= 4 is 17.8 Å². The van der Waals surface area contributed by atoms with Gasteiger partial charge in [0.2, 0.25) is 0 Å². The highest BCUT2D eigenvalue weighted by Gasteiger charge is 2.19. The molecule has 1 heterocycles. The number of aromatic nitrogens is 2. The summed E-state index contributed by atoms with van der Waals surface area (Å²) in [6.45, 7) is 5.82. The minimum atomic E-state index is -0.544. The Hall–Kier alpha value is -3.20. The Balaban J connectivity index is 1.99. The lowest BCUT2D eigenvalue weighted by atomic mass is 10.1. The first-order valence-corrected chi connectivity index (χ1v) is 10.2. The highest BCUT2D eigenvalue weighted by Crippen LogP contribution is 2.28. The molecular weight excluding hydrogens is 398 g/mol. The van der Waals surface area contributed by atoms with Gasteiger partial charge in [-0.05, 0) is 52.3 Å². The molecule has 2 amide bonds. The number of nitrogens with two attached hydrogens (primary N) is 1. The summed E-state index contributed by atoms with van der Waals surface area (Å²) in [7, 11) is 1.58. The monoisotopic (exact) mass is 429 g/mol. The van der Waals surface area contributed by atoms with Crippen molar-refractivity contribution in [1.82, 2.24) is 15.3 Å². The summed E-state index contributed by atoms with van der Waals surface area (Å²) in [5.74, 6) is 0.697. The van der Waals surface area contributed by atoms with Gasteiger partial charge >= 0.3 is 12.0 Å². The van der Waals surface area contributed by atoms with Gasteiger partial charge in [0, 0.05) is 24.1 Å². The quantitative estimate of drug-likeness (QED) is 0.522. The van der Waals surface area contributed by atoms with Gasteiger partial charge in [-0.2, -0.15) is 0 Å². The van der Waals surface area contributed by atoms with Crippen molar-refractivity contribution in [3.8, 4) is 17.0 Å². The van der Waals surface area contributed by atoms with E-state index in [-0.39, 0.29) is 18.4 Å². The summed E-state index contributed by atoms with van der Waals surface area (Å²) in [6, 6.07) is 8.40. The Labute approximate surface area is 182 Å². The molecule has 1 aromatic carbocycles. The Morgan fingerprint density at radius 3 is 2.58 bits per heavy atom. The smallest absolute Gasteiger partial charge is 0.320 e. The molecule has 2 aromatic rings. The largest absolute Gasteiger partial charge is 0.496 e. The van der Waals surface area contributed by atoms with Crippen LogP contribution in [0.25, 0.3) is 11.3 Å². The summed E-state index contributed by atoms with van der Waals surface area (Å²) in [5.41, 5.74) is 6.52. The molecule has 1 unspecified atom stereocenters. The number of anilines is 1. The van der Waals surface area contributed by atoms with Crippen molar-refractivity contribution in [2.24, 2.45) is 5.73 Å². The maximum Gasteiger partial charge on any atom is 0.320 e. The molecular formula is C22H31N5O4. The van der Waals surface area contributed by atoms with E-state index in [0.717, 1.165) is 5.56 Å². The first-order chi connectivity index (χ1) is 14.7. The minimum absolute atomic E-state index is 0.188. The van der Waals surface area contributed by atoms with E-state index >= 15 is 0 Å². The third-order valence-corrected chi connectivity index (χ3v) is 4.26. The number of benzene rings is 1. The molecule has 9 nitrogen and oxygen atoms in total. The highest BCUT2D eigenvalue weighted by atomic mass is 16.6. The SMILES string of the molecule is COc1ccccc1-c1cc(NC(=O)NC(CCN)CCC(=O)OC(C)(C)C)ncn1. The average molecular weight is 430 g/mol. The van der Waals surface area contributed by atoms with E-state index in [9.17, 15) is 9.59 Å². The van der Waals surface area contributed by atoms with Crippen molar-refractivity contribution in [1.29, 1.82) is 0 Å². The van der Waals surface area contributed by atoms with E-state index in [4.69, 9.17) is 15.2 Å². The standard InChI is InChI=1S/C22H31N5O4/c1-22(2,3)31-20(28)10-9-15(11-12-23)26-21(29)27-19-13-17(24-14-25-19)16-7-5-6-8-18(16)30-4/h5-8,13-15H,9-12,23H2,1-4H3,(H2,24,25,26,27,29). The van der Waals surface area contributed by atoms with E-state index < -0.39 is 11.6 Å². The molecule has 0 saturated heterocycles. The molecule has 0 aliphatic heterocycles. The fraction of sp³-hybridized carbons (Fsp3) is 0.455. The number of nitrogens with zero attached hydrogens (tertiary/aromatic N) is 2. The second-order valence-corrected chi connectivity index (χ2v) is 7.99. The average Bonchev–Trinajstić information content (AvgIpc) is 2.71. The van der Waals surface area contributed by atoms with Gasteiger partial charge in [0.25, 0.3) is 0 Å². The Morgan fingerprint density at radius 2 is 1.90 bits per heavy atom. The Bertz CT molecular complexity index is 882. The molecule has 31 heavy (non-hydrogen) atoms. The number of carbonyl (C=O) groups excluding carboxylic acids is 2. The van der Waals surface area contributed by atoms with E-state index in [1.807, 2.05) is 45.0 Å². The molecule has 0 fully saturated rings. The van der Waals surface area contributed by atoms with Gasteiger partial charge in [0.15, 0.2) is 0 Å². The number of ether oxygens (including phenoxy) is 2. The van der Waals surface area contributed by atoms with Crippen LogP contribution < -0.4 is 21.1 Å². The summed E-state index contributed by atoms with van der Waals surface area (Å²) in [4.78, 5) is 32.8. The molecule has 0 bridgehead atoms. The molecule has 0 radical (unpaired) electrons. The second kappa shape index (κ2) is 11.3. The normalized spacial score (nSPS) is 12.0. The van der Waals surface area contributed by atoms with Crippen LogP contribution >= 0.6 is 0 Å². The Kier molecular flexibility index (Phi) is 8.75. The lowest BCUT2D eigenvalue weighted by molar-refractivity contribution is -0.155. The van der Waals surface area contributed by atoms with Gasteiger partial charge in [-0.3, -0.25) is 10.1 Å². The van der Waals surface area contributed by atoms with Gasteiger partial charge in [-0.1, -0.05) is 12.1 Å². The number of esters is 1. The van der Waals surface area contributed by atoms with Crippen LogP contribution in [0.3, 0.4) is 0 Å². The molecule has 0 aliphatic rings. The van der Waals surface area contributed by atoms with Crippen molar-refractivity contribution in [2.75, 3.05) is 19.0 Å². The highest BCUT2D eigenvalue weighted by molar-refractivity contribution is 5.89. The third kappa shape index (κ3) is 8.21. The van der Waals surface area contributed by atoms with Gasteiger partial charge in [-0.15, -0.1) is 0 Å². The van der Waals surface area contributed by atoms with Crippen LogP contribution in [0.15, 0.2) is 36.7 Å². The van der Waals surface area contributed by atoms with Crippen LogP contribution in [0.4, 0.5) is 10.6 Å². The molecule has 2 rings (SSSR count). The number of hydrogen-bond donors (Lipinski definition) is 3. The maximum absolute atomic E-state index is 12.5. The number of methoxy groups -OCH3 is 1. The molecule has 0 aliphatic carbocycles. The van der Waals surface area contributed by atoms with Crippen LogP contribution in [-0.2, 0) is 9.53 Å². The molecule has 9 heteroatoms. The number of nitrogens with one attached hydrogen (secondary N) is 2. The van der Waals surface area contributed by atoms with Crippen LogP contribution in [0, 0.1) is 0 Å². The van der Waals surface area contributed by atoms with Crippen molar-refractivity contribution in [3.63, 3.8) is 0 Å². The summed E-state index contributed by atoms with van der Waals surface area (Å²) in [5, 5.41) is 5.55. The fourth-order valence-corrected chi connectivity index (χ4v) is 2.94. The Morgan fingerprint density at radius 1 is 1.16 bits per heavy atom. The van der Waals surface area contributed by atoms with Crippen LogP contribution in [-0.4, -0.2) is 47.3 Å². The van der Waals surface area contributed by atoms with Gasteiger partial charge in [-0.25, -0.2) is 14.8 Å². The van der Waals surface area contributed by atoms with E-state index in [2.05, 4.69) is 20.6 Å². The number of carbonyl (C=O) groups is 2.